The summed E-state index contributed by atoms with van der Waals surface area (Å²) in [5.41, 5.74) is 0.545. The summed E-state index contributed by atoms with van der Waals surface area (Å²) in [4.78, 5) is 19.6. The Kier molecular flexibility index (Phi) is 3.18. The van der Waals surface area contributed by atoms with Gasteiger partial charge in [0.1, 0.15) is 6.07 Å². The fourth-order valence-corrected chi connectivity index (χ4v) is 0.213. The Bertz CT molecular complexity index is 214. The largest absolute Gasteiger partial charge is 0.410 e. The minimum atomic E-state index is -1.14. The molecular weight excluding hydrogens is 140 g/mol. The van der Waals surface area contributed by atoms with E-state index in [1.165, 1.54) is 11.5 Å². The van der Waals surface area contributed by atoms with Gasteiger partial charge in [0.2, 0.25) is 5.71 Å². The number of nitrogens with one attached hydrogen (secondary N) is 1. The van der Waals surface area contributed by atoms with E-state index in [9.17, 15) is 9.70 Å². The molecule has 0 saturated carbocycles. The Morgan fingerprint density at radius 3 is 2.60 bits per heavy atom. The number of nitrogens with zero attached hydrogens (tertiary/aromatic N) is 3. The molecular formula is C3H2N4O3. The van der Waals surface area contributed by atoms with Gasteiger partial charge >= 0.3 is 5.91 Å². The third-order valence-electron chi connectivity index (χ3n) is 0.568. The lowest BCUT2D eigenvalue weighted by molar-refractivity contribution is -0.114. The minimum absolute atomic E-state index is 0.820. The number of hydrogen-bond acceptors (Lipinski definition) is 6. The zero-order valence-electron chi connectivity index (χ0n) is 4.61. The summed E-state index contributed by atoms with van der Waals surface area (Å²) in [6.45, 7) is 0. The SMILES string of the molecule is N#CC(=NO)C(=O)NN=O. The summed E-state index contributed by atoms with van der Waals surface area (Å²) in [7, 11) is 0. The van der Waals surface area contributed by atoms with Gasteiger partial charge in [0, 0.05) is 0 Å². The Balaban J connectivity index is 4.21. The number of amides is 1. The lowest BCUT2D eigenvalue weighted by Gasteiger charge is -1.86. The third kappa shape index (κ3) is 1.87. The Morgan fingerprint density at radius 2 is 2.30 bits per heavy atom. The molecule has 0 radical (unpaired) electrons. The quantitative estimate of drug-likeness (QED) is 0.226. The highest BCUT2D eigenvalue weighted by molar-refractivity contribution is 6.44. The van der Waals surface area contributed by atoms with Crippen LogP contribution in [-0.2, 0) is 4.79 Å². The van der Waals surface area contributed by atoms with E-state index in [-0.39, 0.29) is 0 Å². The Labute approximate surface area is 54.9 Å². The fourth-order valence-electron chi connectivity index (χ4n) is 0.213. The van der Waals surface area contributed by atoms with Crippen LogP contribution in [0.3, 0.4) is 0 Å². The van der Waals surface area contributed by atoms with E-state index in [2.05, 4.69) is 5.16 Å². The first-order chi connectivity index (χ1) is 4.76. The smallest absolute Gasteiger partial charge is 0.306 e. The molecule has 1 amide bonds. The van der Waals surface area contributed by atoms with Gasteiger partial charge in [0.15, 0.2) is 0 Å². The third-order valence-corrected chi connectivity index (χ3v) is 0.568. The molecule has 2 N–H and O–H groups in total. The van der Waals surface area contributed by atoms with Gasteiger partial charge < -0.3 is 5.21 Å². The lowest BCUT2D eigenvalue weighted by atomic mass is 10.4. The van der Waals surface area contributed by atoms with E-state index < -0.39 is 11.6 Å². The molecule has 0 bridgehead atoms. The van der Waals surface area contributed by atoms with Crippen LogP contribution in [0.1, 0.15) is 0 Å². The van der Waals surface area contributed by atoms with Crippen molar-refractivity contribution >= 4 is 11.6 Å². The molecule has 0 aromatic rings. The van der Waals surface area contributed by atoms with E-state index >= 15 is 0 Å². The van der Waals surface area contributed by atoms with Crippen LogP contribution in [0, 0.1) is 16.2 Å². The Hall–Kier alpha value is -1.97. The standard InChI is InChI=1S/C3H2N4O3/c4-1-2(6-9)3(8)5-7-10/h9H,(H,5,8,10). The average Bonchev–Trinajstić information content (AvgIpc) is 1.91. The average molecular weight is 142 g/mol. The van der Waals surface area contributed by atoms with Crippen LogP contribution >= 0.6 is 0 Å². The van der Waals surface area contributed by atoms with Crippen LogP contribution < -0.4 is 5.43 Å². The van der Waals surface area contributed by atoms with Crippen LogP contribution in [0.25, 0.3) is 0 Å². The second-order valence-electron chi connectivity index (χ2n) is 1.09. The number of hydrogen-bond donors (Lipinski definition) is 2. The van der Waals surface area contributed by atoms with Crippen LogP contribution in [0.2, 0.25) is 0 Å². The Morgan fingerprint density at radius 1 is 1.70 bits per heavy atom. The van der Waals surface area contributed by atoms with Crippen LogP contribution in [0.15, 0.2) is 10.4 Å². The first-order valence-corrected chi connectivity index (χ1v) is 2.01. The summed E-state index contributed by atoms with van der Waals surface area (Å²) in [5.74, 6) is -1.14. The number of oxime groups is 1. The van der Waals surface area contributed by atoms with Crippen LogP contribution in [0.5, 0.6) is 0 Å². The van der Waals surface area contributed by atoms with Crippen molar-refractivity contribution in [1.82, 2.24) is 5.43 Å². The molecule has 0 aliphatic heterocycles. The first-order valence-electron chi connectivity index (χ1n) is 2.01. The fraction of sp³-hybridized carbons (Fsp3) is 0. The molecule has 0 rings (SSSR count). The topological polar surface area (TPSA) is 115 Å². The molecule has 0 spiro atoms. The summed E-state index contributed by atoms with van der Waals surface area (Å²) >= 11 is 0. The van der Waals surface area contributed by atoms with Gasteiger partial charge in [-0.3, -0.25) is 4.79 Å². The number of carbonyl (C=O) groups excluding carboxylic acids is 1. The maximum absolute atomic E-state index is 10.3. The molecule has 0 unspecified atom stereocenters. The van der Waals surface area contributed by atoms with E-state index in [0.29, 0.717) is 0 Å². The highest BCUT2D eigenvalue weighted by Crippen LogP contribution is 1.74. The van der Waals surface area contributed by atoms with Gasteiger partial charge in [-0.05, 0) is 0 Å². The number of carbonyl (C=O) groups is 1. The summed E-state index contributed by atoms with van der Waals surface area (Å²) in [5, 5.41) is 20.1. The van der Waals surface area contributed by atoms with Crippen molar-refractivity contribution in [3.8, 4) is 6.07 Å². The van der Waals surface area contributed by atoms with Gasteiger partial charge in [-0.25, -0.2) is 5.43 Å². The molecule has 0 aromatic carbocycles. The van der Waals surface area contributed by atoms with E-state index in [0.717, 1.165) is 0 Å². The molecule has 0 atom stereocenters. The minimum Gasteiger partial charge on any atom is -0.410 e. The normalized spacial score (nSPS) is 9.70. The van der Waals surface area contributed by atoms with Gasteiger partial charge in [-0.15, -0.1) is 4.91 Å². The van der Waals surface area contributed by atoms with Crippen molar-refractivity contribution in [2.45, 2.75) is 0 Å². The van der Waals surface area contributed by atoms with Crippen molar-refractivity contribution < 1.29 is 10.0 Å². The summed E-state index contributed by atoms with van der Waals surface area (Å²) in [6, 6.07) is 1.23. The molecule has 7 nitrogen and oxygen atoms in total. The molecule has 0 saturated heterocycles. The highest BCUT2D eigenvalue weighted by Gasteiger charge is 2.09. The van der Waals surface area contributed by atoms with Crippen molar-refractivity contribution in [1.29, 1.82) is 5.26 Å². The number of nitroso groups, excluding NO2 is 1. The van der Waals surface area contributed by atoms with E-state index in [4.69, 9.17) is 10.5 Å². The zero-order chi connectivity index (χ0) is 7.98. The zero-order valence-corrected chi connectivity index (χ0v) is 4.61. The molecule has 0 heterocycles. The molecule has 7 heteroatoms. The van der Waals surface area contributed by atoms with Gasteiger partial charge in [0.05, 0.1) is 5.29 Å². The van der Waals surface area contributed by atoms with Crippen molar-refractivity contribution in [2.75, 3.05) is 0 Å². The first kappa shape index (κ1) is 8.03. The van der Waals surface area contributed by atoms with Gasteiger partial charge in [0.25, 0.3) is 0 Å². The van der Waals surface area contributed by atoms with E-state index in [1.807, 2.05) is 5.29 Å². The maximum Gasteiger partial charge on any atom is 0.306 e. The summed E-state index contributed by atoms with van der Waals surface area (Å²) < 4.78 is 0. The monoisotopic (exact) mass is 142 g/mol. The van der Waals surface area contributed by atoms with Gasteiger partial charge in [-0.2, -0.15) is 5.26 Å². The second-order valence-corrected chi connectivity index (χ2v) is 1.09. The maximum atomic E-state index is 10.3. The number of nitriles is 1. The molecule has 0 aromatic heterocycles. The second kappa shape index (κ2) is 3.96. The number of rotatable bonds is 2. The van der Waals surface area contributed by atoms with Crippen molar-refractivity contribution in [2.24, 2.45) is 10.4 Å². The predicted molar refractivity (Wildman–Crippen MR) is 28.8 cm³/mol. The lowest BCUT2D eigenvalue weighted by Crippen LogP contribution is -2.25. The van der Waals surface area contributed by atoms with Crippen LogP contribution in [-0.4, -0.2) is 16.8 Å². The van der Waals surface area contributed by atoms with Crippen molar-refractivity contribution in [3.05, 3.63) is 4.91 Å². The molecule has 0 fully saturated rings. The predicted octanol–water partition coefficient (Wildman–Crippen LogP) is -0.862. The molecule has 0 aliphatic carbocycles. The van der Waals surface area contributed by atoms with Gasteiger partial charge in [-0.1, -0.05) is 5.16 Å². The summed E-state index contributed by atoms with van der Waals surface area (Å²) in [6.07, 6.45) is 0. The highest BCUT2D eigenvalue weighted by atomic mass is 16.4. The van der Waals surface area contributed by atoms with E-state index in [1.54, 1.807) is 0 Å². The molecule has 10 heavy (non-hydrogen) atoms. The van der Waals surface area contributed by atoms with Crippen LogP contribution in [0.4, 0.5) is 0 Å². The van der Waals surface area contributed by atoms with Crippen molar-refractivity contribution in [3.63, 3.8) is 0 Å². The molecule has 52 valence electrons. The molecule has 0 aliphatic rings.